The minimum Gasteiger partial charge on any atom is -0.388 e. The van der Waals surface area contributed by atoms with Crippen LogP contribution < -0.4 is 4.90 Å². The minimum atomic E-state index is -0.553. The van der Waals surface area contributed by atoms with Gasteiger partial charge >= 0.3 is 6.03 Å². The molecule has 1 aliphatic rings. The van der Waals surface area contributed by atoms with Gasteiger partial charge in [0.05, 0.1) is 12.2 Å². The number of nitrogens with zero attached hydrogens (tertiary/aromatic N) is 3. The van der Waals surface area contributed by atoms with E-state index in [-0.39, 0.29) is 24.0 Å². The van der Waals surface area contributed by atoms with Gasteiger partial charge in [-0.1, -0.05) is 37.3 Å². The lowest BCUT2D eigenvalue weighted by atomic mass is 10.1. The Morgan fingerprint density at radius 3 is 2.30 bits per heavy atom. The number of urea groups is 1. The van der Waals surface area contributed by atoms with E-state index in [0.29, 0.717) is 18.7 Å². The fourth-order valence-electron chi connectivity index (χ4n) is 3.58. The summed E-state index contributed by atoms with van der Waals surface area (Å²) in [7, 11) is 0. The summed E-state index contributed by atoms with van der Waals surface area (Å²) in [4.78, 5) is 30.5. The summed E-state index contributed by atoms with van der Waals surface area (Å²) in [5, 5.41) is 9.01. The molecule has 0 aromatic heterocycles. The normalized spacial score (nSPS) is 14.6. The van der Waals surface area contributed by atoms with E-state index < -0.39 is 12.4 Å². The van der Waals surface area contributed by atoms with Crippen LogP contribution in [0.4, 0.5) is 14.9 Å². The summed E-state index contributed by atoms with van der Waals surface area (Å²) in [5.41, 5.74) is 2.19. The van der Waals surface area contributed by atoms with Gasteiger partial charge in [-0.3, -0.25) is 9.69 Å². The summed E-state index contributed by atoms with van der Waals surface area (Å²) in [6.45, 7) is 7.26. The Morgan fingerprint density at radius 1 is 1.07 bits per heavy atom. The molecule has 0 spiro atoms. The van der Waals surface area contributed by atoms with E-state index >= 15 is 0 Å². The maximum absolute atomic E-state index is 14.8. The van der Waals surface area contributed by atoms with Crippen molar-refractivity contribution in [3.8, 4) is 0 Å². The van der Waals surface area contributed by atoms with Gasteiger partial charge in [0.1, 0.15) is 12.4 Å². The Bertz CT molecular complexity index is 893. The van der Waals surface area contributed by atoms with Crippen molar-refractivity contribution in [1.82, 2.24) is 9.80 Å². The molecular formula is C23H28FN3O3. The molecule has 1 fully saturated rings. The number of benzene rings is 2. The van der Waals surface area contributed by atoms with Gasteiger partial charge in [-0.2, -0.15) is 0 Å². The SMILES string of the molecule is CCN1CCN(C(=O)N(Cc2ccc(C(=O)CO)cc2)c2ccc(C)cc2F)CC1. The number of aryl methyl sites for hydroxylation is 1. The highest BCUT2D eigenvalue weighted by atomic mass is 19.1. The van der Waals surface area contributed by atoms with Gasteiger partial charge in [0, 0.05) is 31.7 Å². The quantitative estimate of drug-likeness (QED) is 0.740. The second-order valence-corrected chi connectivity index (χ2v) is 7.52. The van der Waals surface area contributed by atoms with Crippen LogP contribution in [-0.2, 0) is 6.54 Å². The maximum Gasteiger partial charge on any atom is 0.324 e. The first-order chi connectivity index (χ1) is 14.4. The Hall–Kier alpha value is -2.77. The van der Waals surface area contributed by atoms with Crippen molar-refractivity contribution in [3.05, 3.63) is 65.0 Å². The monoisotopic (exact) mass is 413 g/mol. The van der Waals surface area contributed by atoms with E-state index in [2.05, 4.69) is 11.8 Å². The zero-order chi connectivity index (χ0) is 21.7. The third-order valence-electron chi connectivity index (χ3n) is 5.48. The van der Waals surface area contributed by atoms with Crippen LogP contribution in [0.15, 0.2) is 42.5 Å². The Balaban J connectivity index is 1.86. The highest BCUT2D eigenvalue weighted by molar-refractivity contribution is 5.97. The molecule has 0 radical (unpaired) electrons. The molecule has 0 aliphatic carbocycles. The van der Waals surface area contributed by atoms with Gasteiger partial charge in [0.25, 0.3) is 0 Å². The highest BCUT2D eigenvalue weighted by Crippen LogP contribution is 2.24. The van der Waals surface area contributed by atoms with Crippen LogP contribution in [-0.4, -0.2) is 66.1 Å². The largest absolute Gasteiger partial charge is 0.388 e. The van der Waals surface area contributed by atoms with E-state index in [4.69, 9.17) is 5.11 Å². The smallest absolute Gasteiger partial charge is 0.324 e. The summed E-state index contributed by atoms with van der Waals surface area (Å²) in [5.74, 6) is -0.810. The molecule has 0 saturated carbocycles. The van der Waals surface area contributed by atoms with Crippen molar-refractivity contribution in [3.63, 3.8) is 0 Å². The zero-order valence-corrected chi connectivity index (χ0v) is 17.5. The lowest BCUT2D eigenvalue weighted by molar-refractivity contribution is 0.0903. The van der Waals surface area contributed by atoms with Crippen LogP contribution >= 0.6 is 0 Å². The lowest BCUT2D eigenvalue weighted by Crippen LogP contribution is -2.52. The number of Topliss-reactive ketones (excluding diaryl/α,β-unsaturated/α-hetero) is 1. The Morgan fingerprint density at radius 2 is 1.73 bits per heavy atom. The molecule has 2 aromatic rings. The molecular weight excluding hydrogens is 385 g/mol. The molecule has 30 heavy (non-hydrogen) atoms. The number of rotatable bonds is 6. The predicted octanol–water partition coefficient (Wildman–Crippen LogP) is 3.07. The number of carbonyl (C=O) groups is 2. The molecule has 2 aromatic carbocycles. The van der Waals surface area contributed by atoms with E-state index in [1.54, 1.807) is 48.2 Å². The lowest BCUT2D eigenvalue weighted by Gasteiger charge is -2.37. The van der Waals surface area contributed by atoms with Crippen molar-refractivity contribution in [1.29, 1.82) is 0 Å². The molecule has 6 nitrogen and oxygen atoms in total. The zero-order valence-electron chi connectivity index (χ0n) is 17.5. The van der Waals surface area contributed by atoms with E-state index in [0.717, 1.165) is 30.8 Å². The third kappa shape index (κ3) is 5.04. The van der Waals surface area contributed by atoms with Crippen molar-refractivity contribution < 1.29 is 19.1 Å². The van der Waals surface area contributed by atoms with Gasteiger partial charge in [-0.05, 0) is 36.7 Å². The number of aliphatic hydroxyl groups is 1. The first kappa shape index (κ1) is 21.9. The minimum absolute atomic E-state index is 0.181. The van der Waals surface area contributed by atoms with E-state index in [1.807, 2.05) is 0 Å². The van der Waals surface area contributed by atoms with Crippen molar-refractivity contribution in [2.75, 3.05) is 44.2 Å². The number of hydrogen-bond donors (Lipinski definition) is 1. The Kier molecular flexibility index (Phi) is 7.18. The van der Waals surface area contributed by atoms with Gasteiger partial charge < -0.3 is 14.9 Å². The molecule has 1 aliphatic heterocycles. The highest BCUT2D eigenvalue weighted by Gasteiger charge is 2.27. The second kappa shape index (κ2) is 9.82. The molecule has 0 bridgehead atoms. The fourth-order valence-corrected chi connectivity index (χ4v) is 3.58. The summed E-state index contributed by atoms with van der Waals surface area (Å²) in [6, 6.07) is 11.3. The van der Waals surface area contributed by atoms with Crippen molar-refractivity contribution in [2.24, 2.45) is 0 Å². The standard InChI is InChI=1S/C23H28FN3O3/c1-3-25-10-12-26(13-11-25)23(30)27(21-9-4-17(2)14-20(21)24)15-18-5-7-19(8-6-18)22(29)16-28/h4-9,14,28H,3,10-13,15-16H2,1-2H3. The topological polar surface area (TPSA) is 64.1 Å². The average Bonchev–Trinajstić information content (AvgIpc) is 2.77. The average molecular weight is 413 g/mol. The van der Waals surface area contributed by atoms with Crippen molar-refractivity contribution in [2.45, 2.75) is 20.4 Å². The third-order valence-corrected chi connectivity index (χ3v) is 5.48. The number of anilines is 1. The molecule has 0 atom stereocenters. The number of ketones is 1. The predicted molar refractivity (Wildman–Crippen MR) is 114 cm³/mol. The van der Waals surface area contributed by atoms with E-state index in [1.165, 1.54) is 11.0 Å². The van der Waals surface area contributed by atoms with Crippen LogP contribution in [0.3, 0.4) is 0 Å². The summed E-state index contributed by atoms with van der Waals surface area (Å²) < 4.78 is 14.8. The number of likely N-dealkylation sites (N-methyl/N-ethyl adjacent to an activating group) is 1. The molecule has 2 amide bonds. The molecule has 3 rings (SSSR count). The molecule has 0 unspecified atom stereocenters. The molecule has 1 N–H and O–H groups in total. The summed E-state index contributed by atoms with van der Waals surface area (Å²) >= 11 is 0. The summed E-state index contributed by atoms with van der Waals surface area (Å²) in [6.07, 6.45) is 0. The number of amides is 2. The van der Waals surface area contributed by atoms with Crippen molar-refractivity contribution >= 4 is 17.5 Å². The molecule has 1 saturated heterocycles. The van der Waals surface area contributed by atoms with Gasteiger partial charge in [0.15, 0.2) is 5.78 Å². The van der Waals surface area contributed by atoms with Gasteiger partial charge in [-0.25, -0.2) is 9.18 Å². The van der Waals surface area contributed by atoms with Crippen LogP contribution in [0.5, 0.6) is 0 Å². The fraction of sp³-hybridized carbons (Fsp3) is 0.391. The molecule has 7 heteroatoms. The Labute approximate surface area is 176 Å². The van der Waals surface area contributed by atoms with Crippen LogP contribution in [0, 0.1) is 12.7 Å². The number of piperazine rings is 1. The van der Waals surface area contributed by atoms with Crippen LogP contribution in [0.1, 0.15) is 28.4 Å². The van der Waals surface area contributed by atoms with E-state index in [9.17, 15) is 14.0 Å². The molecule has 1 heterocycles. The number of hydrogen-bond acceptors (Lipinski definition) is 4. The maximum atomic E-state index is 14.8. The first-order valence-corrected chi connectivity index (χ1v) is 10.2. The molecule has 160 valence electrons. The van der Waals surface area contributed by atoms with Gasteiger partial charge in [0.2, 0.25) is 0 Å². The van der Waals surface area contributed by atoms with Crippen LogP contribution in [0.2, 0.25) is 0 Å². The number of carbonyl (C=O) groups excluding carboxylic acids is 2. The second-order valence-electron chi connectivity index (χ2n) is 7.52. The number of aliphatic hydroxyl groups excluding tert-OH is 1. The number of halogens is 1. The van der Waals surface area contributed by atoms with Crippen LogP contribution in [0.25, 0.3) is 0 Å². The first-order valence-electron chi connectivity index (χ1n) is 10.2. The van der Waals surface area contributed by atoms with Gasteiger partial charge in [-0.15, -0.1) is 0 Å².